The highest BCUT2D eigenvalue weighted by Crippen LogP contribution is 2.44. The fourth-order valence-electron chi connectivity index (χ4n) is 5.18. The van der Waals surface area contributed by atoms with E-state index in [0.717, 1.165) is 11.1 Å². The highest BCUT2D eigenvalue weighted by Gasteiger charge is 2.45. The van der Waals surface area contributed by atoms with Gasteiger partial charge >= 0.3 is 12.1 Å². The third kappa shape index (κ3) is 5.27. The maximum Gasteiger partial charge on any atom is 0.412 e. The number of morpholine rings is 1. The summed E-state index contributed by atoms with van der Waals surface area (Å²) in [4.78, 5) is 49.2. The van der Waals surface area contributed by atoms with Gasteiger partial charge in [-0.05, 0) is 52.8 Å². The number of rotatable bonds is 3. The molecule has 1 aromatic carbocycles. The summed E-state index contributed by atoms with van der Waals surface area (Å²) in [6, 6.07) is 8.54. The lowest BCUT2D eigenvalue weighted by Gasteiger charge is -2.31. The first-order valence-electron chi connectivity index (χ1n) is 13.1. The molecule has 2 aliphatic rings. The number of pyridine rings is 1. The number of thioether (sulfide) groups is 1. The Morgan fingerprint density at radius 3 is 2.51 bits per heavy atom. The minimum absolute atomic E-state index is 0.179. The fourth-order valence-corrected chi connectivity index (χ4v) is 6.58. The molecule has 0 N–H and O–H groups in total. The summed E-state index contributed by atoms with van der Waals surface area (Å²) in [6.07, 6.45) is 2.83. The Bertz CT molecular complexity index is 1410. The van der Waals surface area contributed by atoms with Crippen molar-refractivity contribution in [1.29, 1.82) is 0 Å². The molecule has 1 unspecified atom stereocenters. The van der Waals surface area contributed by atoms with Crippen molar-refractivity contribution in [3.63, 3.8) is 0 Å². The van der Waals surface area contributed by atoms with Gasteiger partial charge in [-0.2, -0.15) is 0 Å². The fraction of sp³-hybridized carbons (Fsp3) is 0.448. The SMILES string of the molecule is Cc1ccc2c(c1)c(C(=O)[C@@H]1CSC(c3cccnc3)N1C(=O)OC(C)(C)C)c(C)n2C(=O)N1CCOCC1. The second kappa shape index (κ2) is 10.7. The first-order valence-corrected chi connectivity index (χ1v) is 14.2. The number of ether oxygens (including phenoxy) is 2. The molecule has 2 saturated heterocycles. The average molecular weight is 551 g/mol. The van der Waals surface area contributed by atoms with Crippen LogP contribution in [0, 0.1) is 13.8 Å². The predicted octanol–water partition coefficient (Wildman–Crippen LogP) is 5.19. The number of amides is 2. The molecule has 0 radical (unpaired) electrons. The maximum atomic E-state index is 14.4. The molecular weight excluding hydrogens is 516 g/mol. The van der Waals surface area contributed by atoms with Gasteiger partial charge in [-0.25, -0.2) is 9.59 Å². The van der Waals surface area contributed by atoms with Crippen molar-refractivity contribution in [3.05, 3.63) is 65.1 Å². The lowest BCUT2D eigenvalue weighted by molar-refractivity contribution is 0.0172. The van der Waals surface area contributed by atoms with E-state index in [1.165, 1.54) is 16.7 Å². The van der Waals surface area contributed by atoms with Gasteiger partial charge in [0.05, 0.1) is 18.7 Å². The molecule has 2 aromatic heterocycles. The minimum atomic E-state index is -0.771. The highest BCUT2D eigenvalue weighted by atomic mass is 32.2. The number of hydrogen-bond donors (Lipinski definition) is 0. The van der Waals surface area contributed by atoms with Crippen molar-refractivity contribution in [3.8, 4) is 0 Å². The molecular formula is C29H34N4O5S. The zero-order valence-corrected chi connectivity index (χ0v) is 23.8. The van der Waals surface area contributed by atoms with Crippen molar-refractivity contribution >= 4 is 40.6 Å². The monoisotopic (exact) mass is 550 g/mol. The van der Waals surface area contributed by atoms with E-state index < -0.39 is 23.1 Å². The molecule has 5 rings (SSSR count). The van der Waals surface area contributed by atoms with Gasteiger partial charge in [0.25, 0.3) is 0 Å². The average Bonchev–Trinajstić information content (AvgIpc) is 3.47. The standard InChI is InChI=1S/C29H34N4O5S/c1-18-8-9-22-21(15-18)24(19(2)32(22)27(35)31-11-13-37-14-12-31)25(34)23-17-39-26(20-7-6-10-30-16-20)33(23)28(36)38-29(3,4)5/h6-10,15-16,23,26H,11-14,17H2,1-5H3/t23-,26?/m0/s1. The van der Waals surface area contributed by atoms with Crippen LogP contribution in [0.15, 0.2) is 42.7 Å². The van der Waals surface area contributed by atoms with Gasteiger partial charge in [0.1, 0.15) is 17.0 Å². The number of aryl methyl sites for hydroxylation is 1. The van der Waals surface area contributed by atoms with Crippen molar-refractivity contribution in [2.75, 3.05) is 32.1 Å². The molecule has 2 fully saturated rings. The van der Waals surface area contributed by atoms with Crippen LogP contribution in [0.1, 0.15) is 53.3 Å². The largest absolute Gasteiger partial charge is 0.444 e. The third-order valence-electron chi connectivity index (χ3n) is 6.96. The normalized spacial score (nSPS) is 19.9. The van der Waals surface area contributed by atoms with Crippen molar-refractivity contribution in [1.82, 2.24) is 19.4 Å². The highest BCUT2D eigenvalue weighted by molar-refractivity contribution is 7.99. The molecule has 2 atom stereocenters. The van der Waals surface area contributed by atoms with Gasteiger partial charge in [0.15, 0.2) is 5.78 Å². The van der Waals surface area contributed by atoms with Crippen LogP contribution in [-0.2, 0) is 9.47 Å². The van der Waals surface area contributed by atoms with E-state index >= 15 is 0 Å². The molecule has 9 nitrogen and oxygen atoms in total. The number of benzene rings is 1. The first-order chi connectivity index (χ1) is 18.6. The molecule has 0 saturated carbocycles. The van der Waals surface area contributed by atoms with Crippen LogP contribution in [0.4, 0.5) is 9.59 Å². The summed E-state index contributed by atoms with van der Waals surface area (Å²) in [7, 11) is 0. The van der Waals surface area contributed by atoms with Gasteiger partial charge < -0.3 is 14.4 Å². The van der Waals surface area contributed by atoms with Crippen LogP contribution in [0.3, 0.4) is 0 Å². The number of fused-ring (bicyclic) bond motifs is 1. The Labute approximate surface area is 232 Å². The second-order valence-electron chi connectivity index (χ2n) is 10.9. The number of carbonyl (C=O) groups is 3. The summed E-state index contributed by atoms with van der Waals surface area (Å²) in [5, 5.41) is 0.283. The van der Waals surface area contributed by atoms with E-state index in [0.29, 0.717) is 54.2 Å². The molecule has 4 heterocycles. The Morgan fingerprint density at radius 2 is 1.85 bits per heavy atom. The van der Waals surface area contributed by atoms with Crippen LogP contribution >= 0.6 is 11.8 Å². The summed E-state index contributed by atoms with van der Waals surface area (Å²) in [6.45, 7) is 11.1. The molecule has 39 heavy (non-hydrogen) atoms. The number of nitrogens with zero attached hydrogens (tertiary/aromatic N) is 4. The molecule has 206 valence electrons. The van der Waals surface area contributed by atoms with Crippen LogP contribution < -0.4 is 0 Å². The van der Waals surface area contributed by atoms with E-state index in [1.807, 2.05) is 58.0 Å². The molecule has 3 aromatic rings. The summed E-state index contributed by atoms with van der Waals surface area (Å²) in [5.74, 6) is 0.189. The van der Waals surface area contributed by atoms with Gasteiger partial charge in [-0.1, -0.05) is 17.7 Å². The number of ketones is 1. The quantitative estimate of drug-likeness (QED) is 0.415. The Morgan fingerprint density at radius 1 is 1.10 bits per heavy atom. The second-order valence-corrected chi connectivity index (χ2v) is 12.1. The topological polar surface area (TPSA) is 94.0 Å². The smallest absolute Gasteiger partial charge is 0.412 e. The Hall–Kier alpha value is -3.37. The van der Waals surface area contributed by atoms with Gasteiger partial charge in [-0.3, -0.25) is 19.2 Å². The molecule has 0 bridgehead atoms. The Balaban J connectivity index is 1.59. The van der Waals surface area contributed by atoms with Gasteiger partial charge in [0.2, 0.25) is 0 Å². The summed E-state index contributed by atoms with van der Waals surface area (Å²) in [5.41, 5.74) is 2.77. The van der Waals surface area contributed by atoms with Crippen molar-refractivity contribution in [2.24, 2.45) is 0 Å². The molecule has 0 aliphatic carbocycles. The molecule has 0 spiro atoms. The van der Waals surface area contributed by atoms with E-state index in [9.17, 15) is 14.4 Å². The van der Waals surface area contributed by atoms with Crippen LogP contribution in [0.5, 0.6) is 0 Å². The van der Waals surface area contributed by atoms with Gasteiger partial charge in [0, 0.05) is 53.4 Å². The minimum Gasteiger partial charge on any atom is -0.444 e. The third-order valence-corrected chi connectivity index (χ3v) is 8.28. The number of Topliss-reactive ketones (excluding diaryl/α,β-unsaturated/α-hetero) is 1. The van der Waals surface area contributed by atoms with Crippen LogP contribution in [0.25, 0.3) is 10.9 Å². The van der Waals surface area contributed by atoms with E-state index in [-0.39, 0.29) is 11.8 Å². The molecule has 2 aliphatic heterocycles. The van der Waals surface area contributed by atoms with Gasteiger partial charge in [-0.15, -0.1) is 11.8 Å². The lowest BCUT2D eigenvalue weighted by Crippen LogP contribution is -2.45. The number of hydrogen-bond acceptors (Lipinski definition) is 7. The lowest BCUT2D eigenvalue weighted by atomic mass is 9.99. The van der Waals surface area contributed by atoms with Crippen molar-refractivity contribution < 1.29 is 23.9 Å². The first kappa shape index (κ1) is 27.2. The number of carbonyl (C=O) groups excluding carboxylic acids is 3. The van der Waals surface area contributed by atoms with Crippen molar-refractivity contribution in [2.45, 2.75) is 51.6 Å². The van der Waals surface area contributed by atoms with E-state index in [1.54, 1.807) is 28.8 Å². The van der Waals surface area contributed by atoms with Crippen LogP contribution in [-0.4, -0.2) is 81.0 Å². The van der Waals surface area contributed by atoms with E-state index in [2.05, 4.69) is 4.98 Å². The zero-order chi connectivity index (χ0) is 27.9. The predicted molar refractivity (Wildman–Crippen MR) is 150 cm³/mol. The van der Waals surface area contributed by atoms with E-state index in [4.69, 9.17) is 9.47 Å². The maximum absolute atomic E-state index is 14.4. The van der Waals surface area contributed by atoms with Crippen LogP contribution in [0.2, 0.25) is 0 Å². The molecule has 10 heteroatoms. The molecule has 2 amide bonds. The summed E-state index contributed by atoms with van der Waals surface area (Å²) >= 11 is 1.51. The summed E-state index contributed by atoms with van der Waals surface area (Å²) < 4.78 is 12.8. The Kier molecular flexibility index (Phi) is 7.43. The zero-order valence-electron chi connectivity index (χ0n) is 23.0. The number of aromatic nitrogens is 2.